The molecule has 0 aromatic heterocycles. The predicted molar refractivity (Wildman–Crippen MR) is 56.6 cm³/mol. The van der Waals surface area contributed by atoms with Crippen LogP contribution in [-0.2, 0) is 6.42 Å². The van der Waals surface area contributed by atoms with E-state index in [1.165, 1.54) is 5.57 Å². The Morgan fingerprint density at radius 2 is 1.57 bits per heavy atom. The normalized spacial score (nSPS) is 14.1. The van der Waals surface area contributed by atoms with Crippen LogP contribution in [0.1, 0.15) is 29.2 Å². The summed E-state index contributed by atoms with van der Waals surface area (Å²) in [5.41, 5.74) is 5.08. The third-order valence-electron chi connectivity index (χ3n) is 2.96. The first-order valence-electron chi connectivity index (χ1n) is 4.73. The summed E-state index contributed by atoms with van der Waals surface area (Å²) in [5.74, 6) is 0.0524. The molecule has 0 spiro atoms. The molecule has 2 N–H and O–H groups in total. The van der Waals surface area contributed by atoms with Gasteiger partial charge in [-0.15, -0.1) is 0 Å². The molecule has 1 aromatic rings. The van der Waals surface area contributed by atoms with Crippen LogP contribution in [0.2, 0.25) is 0 Å². The number of benzene rings is 1. The minimum absolute atomic E-state index is 0.0206. The monoisotopic (exact) mass is 190 g/mol. The Labute approximate surface area is 83.5 Å². The van der Waals surface area contributed by atoms with E-state index in [9.17, 15) is 10.2 Å². The van der Waals surface area contributed by atoms with Gasteiger partial charge in [-0.1, -0.05) is 11.6 Å². The lowest BCUT2D eigenvalue weighted by Gasteiger charge is -2.12. The maximum Gasteiger partial charge on any atom is 0.161 e. The first-order valence-corrected chi connectivity index (χ1v) is 4.73. The smallest absolute Gasteiger partial charge is 0.161 e. The fourth-order valence-electron chi connectivity index (χ4n) is 2.05. The van der Waals surface area contributed by atoms with Gasteiger partial charge in [0, 0.05) is 5.56 Å². The van der Waals surface area contributed by atoms with Gasteiger partial charge in [0.1, 0.15) is 0 Å². The lowest BCUT2D eigenvalue weighted by molar-refractivity contribution is 0.398. The van der Waals surface area contributed by atoms with Crippen molar-refractivity contribution in [2.24, 2.45) is 0 Å². The van der Waals surface area contributed by atoms with Gasteiger partial charge in [0.05, 0.1) is 0 Å². The Morgan fingerprint density at radius 1 is 1.00 bits per heavy atom. The summed E-state index contributed by atoms with van der Waals surface area (Å²) in [5, 5.41) is 19.3. The summed E-state index contributed by atoms with van der Waals surface area (Å²) >= 11 is 0. The zero-order valence-corrected chi connectivity index (χ0v) is 8.68. The van der Waals surface area contributed by atoms with E-state index in [4.69, 9.17) is 0 Å². The van der Waals surface area contributed by atoms with Crippen molar-refractivity contribution in [3.05, 3.63) is 27.8 Å². The lowest BCUT2D eigenvalue weighted by Crippen LogP contribution is -1.93. The molecule has 0 radical (unpaired) electrons. The third kappa shape index (κ3) is 1.03. The number of fused-ring (bicyclic) bond motifs is 1. The number of rotatable bonds is 0. The molecule has 2 heteroatoms. The molecule has 0 amide bonds. The third-order valence-corrected chi connectivity index (χ3v) is 2.96. The van der Waals surface area contributed by atoms with E-state index in [1.807, 2.05) is 13.8 Å². The molecule has 2 rings (SSSR count). The quantitative estimate of drug-likeness (QED) is 0.617. The number of phenolic OH excluding ortho intramolecular Hbond substituents is 2. The Hall–Kier alpha value is -1.44. The zero-order valence-electron chi connectivity index (χ0n) is 8.68. The first kappa shape index (κ1) is 9.13. The van der Waals surface area contributed by atoms with E-state index >= 15 is 0 Å². The highest BCUT2D eigenvalue weighted by atomic mass is 16.3. The fraction of sp³-hybridized carbons (Fsp3) is 0.333. The van der Waals surface area contributed by atoms with Gasteiger partial charge in [0.2, 0.25) is 0 Å². The van der Waals surface area contributed by atoms with E-state index in [-0.39, 0.29) is 11.5 Å². The maximum atomic E-state index is 9.66. The number of hydrogen-bond donors (Lipinski definition) is 2. The molecule has 0 bridgehead atoms. The van der Waals surface area contributed by atoms with Crippen molar-refractivity contribution in [3.63, 3.8) is 0 Å². The summed E-state index contributed by atoms with van der Waals surface area (Å²) in [6, 6.07) is 0. The van der Waals surface area contributed by atoms with Crippen molar-refractivity contribution in [1.29, 1.82) is 0 Å². The lowest BCUT2D eigenvalue weighted by atomic mass is 9.97. The van der Waals surface area contributed by atoms with E-state index in [1.54, 1.807) is 0 Å². The highest BCUT2D eigenvalue weighted by molar-refractivity contribution is 5.73. The molecule has 0 heterocycles. The van der Waals surface area contributed by atoms with Gasteiger partial charge in [-0.2, -0.15) is 0 Å². The molecule has 0 saturated carbocycles. The minimum atomic E-state index is 0.0206. The number of phenols is 2. The molecule has 0 fully saturated rings. The number of allylic oxidation sites excluding steroid dienone is 1. The highest BCUT2D eigenvalue weighted by Gasteiger charge is 2.20. The molecule has 0 unspecified atom stereocenters. The van der Waals surface area contributed by atoms with Gasteiger partial charge in [-0.3, -0.25) is 0 Å². The Balaban J connectivity index is 2.78. The maximum absolute atomic E-state index is 9.66. The second-order valence-corrected chi connectivity index (χ2v) is 4.01. The number of hydrogen-bond acceptors (Lipinski definition) is 2. The van der Waals surface area contributed by atoms with Crippen molar-refractivity contribution >= 4 is 6.08 Å². The van der Waals surface area contributed by atoms with E-state index in [0.29, 0.717) is 0 Å². The van der Waals surface area contributed by atoms with Crippen molar-refractivity contribution in [2.45, 2.75) is 27.2 Å². The molecule has 14 heavy (non-hydrogen) atoms. The van der Waals surface area contributed by atoms with Gasteiger partial charge in [-0.25, -0.2) is 0 Å². The van der Waals surface area contributed by atoms with Gasteiger partial charge in [0.15, 0.2) is 11.5 Å². The van der Waals surface area contributed by atoms with E-state index in [0.717, 1.165) is 28.7 Å². The predicted octanol–water partition coefficient (Wildman–Crippen LogP) is 2.67. The molecule has 2 nitrogen and oxygen atoms in total. The van der Waals surface area contributed by atoms with Crippen LogP contribution in [0.3, 0.4) is 0 Å². The molecular formula is C12H14O2. The molecule has 1 aliphatic rings. The van der Waals surface area contributed by atoms with Gasteiger partial charge >= 0.3 is 0 Å². The second-order valence-electron chi connectivity index (χ2n) is 4.01. The van der Waals surface area contributed by atoms with Gasteiger partial charge in [0.25, 0.3) is 0 Å². The van der Waals surface area contributed by atoms with Crippen molar-refractivity contribution in [3.8, 4) is 11.5 Å². The summed E-state index contributed by atoms with van der Waals surface area (Å²) in [6.07, 6.45) is 2.96. The van der Waals surface area contributed by atoms with Crippen molar-refractivity contribution in [2.75, 3.05) is 0 Å². The molecule has 0 aliphatic heterocycles. The molecule has 1 aliphatic carbocycles. The summed E-state index contributed by atoms with van der Waals surface area (Å²) in [7, 11) is 0. The fourth-order valence-corrected chi connectivity index (χ4v) is 2.05. The van der Waals surface area contributed by atoms with Crippen LogP contribution in [0.25, 0.3) is 6.08 Å². The summed E-state index contributed by atoms with van der Waals surface area (Å²) in [4.78, 5) is 0. The topological polar surface area (TPSA) is 40.5 Å². The SMILES string of the molecule is CC1=Cc2c(C)c(O)c(O)c(C)c2C1. The van der Waals surface area contributed by atoms with Crippen LogP contribution >= 0.6 is 0 Å². The standard InChI is InChI=1S/C12H14O2/c1-6-4-9-7(2)11(13)12(14)8(3)10(9)5-6/h4,13-14H,5H2,1-3H3. The molecule has 74 valence electrons. The Bertz CT molecular complexity index is 442. The number of aromatic hydroxyl groups is 2. The van der Waals surface area contributed by atoms with Crippen LogP contribution in [0.5, 0.6) is 11.5 Å². The van der Waals surface area contributed by atoms with Gasteiger partial charge < -0.3 is 10.2 Å². The largest absolute Gasteiger partial charge is 0.504 e. The minimum Gasteiger partial charge on any atom is -0.504 e. The van der Waals surface area contributed by atoms with E-state index < -0.39 is 0 Å². The molecular weight excluding hydrogens is 176 g/mol. The zero-order chi connectivity index (χ0) is 10.5. The van der Waals surface area contributed by atoms with Gasteiger partial charge in [-0.05, 0) is 43.9 Å². The summed E-state index contributed by atoms with van der Waals surface area (Å²) in [6.45, 7) is 5.75. The molecule has 1 aromatic carbocycles. The Kier molecular flexibility index (Phi) is 1.81. The van der Waals surface area contributed by atoms with Crippen LogP contribution in [0.4, 0.5) is 0 Å². The average Bonchev–Trinajstić information content (AvgIpc) is 2.54. The van der Waals surface area contributed by atoms with Crippen molar-refractivity contribution in [1.82, 2.24) is 0 Å². The first-order chi connectivity index (χ1) is 6.52. The van der Waals surface area contributed by atoms with Crippen molar-refractivity contribution < 1.29 is 10.2 Å². The molecule has 0 atom stereocenters. The van der Waals surface area contributed by atoms with Crippen LogP contribution < -0.4 is 0 Å². The van der Waals surface area contributed by atoms with Crippen LogP contribution in [-0.4, -0.2) is 10.2 Å². The van der Waals surface area contributed by atoms with Crippen LogP contribution in [0.15, 0.2) is 5.57 Å². The average molecular weight is 190 g/mol. The highest BCUT2D eigenvalue weighted by Crippen LogP contribution is 2.41. The Morgan fingerprint density at radius 3 is 2.21 bits per heavy atom. The molecule has 0 saturated heterocycles. The van der Waals surface area contributed by atoms with E-state index in [2.05, 4.69) is 13.0 Å². The van der Waals surface area contributed by atoms with Crippen LogP contribution in [0, 0.1) is 13.8 Å². The summed E-state index contributed by atoms with van der Waals surface area (Å²) < 4.78 is 0. The second kappa shape index (κ2) is 2.77.